The molecule has 0 spiro atoms. The van der Waals surface area contributed by atoms with E-state index in [0.717, 1.165) is 12.8 Å². The molecular formula is C40H32O4. The summed E-state index contributed by atoms with van der Waals surface area (Å²) in [6, 6.07) is 38.8. The summed E-state index contributed by atoms with van der Waals surface area (Å²) in [4.78, 5) is 21.5. The SMILES string of the molecule is O=C(O)CCCc1ccc2ccc3cccc4ccc1c2c34.O=C(O)CCCc1ccc2ccc3cccc4ccc1c2c34. The van der Waals surface area contributed by atoms with Gasteiger partial charge in [0, 0.05) is 12.8 Å². The summed E-state index contributed by atoms with van der Waals surface area (Å²) in [7, 11) is 0. The summed E-state index contributed by atoms with van der Waals surface area (Å²) in [5, 5.41) is 33.0. The Morgan fingerprint density at radius 1 is 0.409 bits per heavy atom. The van der Waals surface area contributed by atoms with E-state index in [-0.39, 0.29) is 12.8 Å². The predicted molar refractivity (Wildman–Crippen MR) is 181 cm³/mol. The van der Waals surface area contributed by atoms with Crippen LogP contribution in [0.5, 0.6) is 0 Å². The van der Waals surface area contributed by atoms with Gasteiger partial charge in [0.2, 0.25) is 0 Å². The lowest BCUT2D eigenvalue weighted by molar-refractivity contribution is -0.138. The minimum Gasteiger partial charge on any atom is -0.481 e. The van der Waals surface area contributed by atoms with Gasteiger partial charge in [-0.25, -0.2) is 0 Å². The van der Waals surface area contributed by atoms with Gasteiger partial charge in [0.05, 0.1) is 0 Å². The van der Waals surface area contributed by atoms with Crippen molar-refractivity contribution in [1.82, 2.24) is 0 Å². The van der Waals surface area contributed by atoms with Crippen molar-refractivity contribution in [1.29, 1.82) is 0 Å². The molecule has 0 aliphatic heterocycles. The lowest BCUT2D eigenvalue weighted by Crippen LogP contribution is -1.96. The Balaban J connectivity index is 0.000000142. The van der Waals surface area contributed by atoms with Gasteiger partial charge in [0.25, 0.3) is 0 Å². The molecule has 0 aliphatic rings. The number of carboxylic acid groups (broad SMARTS) is 2. The van der Waals surface area contributed by atoms with Gasteiger partial charge in [0.15, 0.2) is 0 Å². The first kappa shape index (κ1) is 27.6. The van der Waals surface area contributed by atoms with Gasteiger partial charge in [-0.05, 0) is 101 Å². The first-order valence-electron chi connectivity index (χ1n) is 15.2. The minimum absolute atomic E-state index is 0.224. The number of hydrogen-bond acceptors (Lipinski definition) is 2. The molecule has 0 heterocycles. The zero-order valence-corrected chi connectivity index (χ0v) is 24.3. The third-order valence-corrected chi connectivity index (χ3v) is 8.91. The van der Waals surface area contributed by atoms with Crippen molar-refractivity contribution >= 4 is 76.6 Å². The van der Waals surface area contributed by atoms with E-state index in [1.807, 2.05) is 0 Å². The topological polar surface area (TPSA) is 74.6 Å². The highest BCUT2D eigenvalue weighted by atomic mass is 16.4. The van der Waals surface area contributed by atoms with Crippen LogP contribution in [-0.2, 0) is 22.4 Å². The van der Waals surface area contributed by atoms with Crippen molar-refractivity contribution in [2.75, 3.05) is 0 Å². The van der Waals surface area contributed by atoms with Gasteiger partial charge in [0.1, 0.15) is 0 Å². The number of hydrogen-bond donors (Lipinski definition) is 2. The Morgan fingerprint density at radius 3 is 1.09 bits per heavy atom. The molecule has 4 heteroatoms. The third kappa shape index (κ3) is 5.03. The summed E-state index contributed by atoms with van der Waals surface area (Å²) in [6.45, 7) is 0. The molecule has 0 aromatic heterocycles. The fourth-order valence-electron chi connectivity index (χ4n) is 6.89. The Hall–Kier alpha value is -5.22. The molecule has 2 N–H and O–H groups in total. The van der Waals surface area contributed by atoms with Crippen LogP contribution in [0.3, 0.4) is 0 Å². The van der Waals surface area contributed by atoms with Gasteiger partial charge in [-0.2, -0.15) is 0 Å². The summed E-state index contributed by atoms with van der Waals surface area (Å²) in [6.07, 6.45) is 3.42. The maximum atomic E-state index is 10.7. The van der Waals surface area contributed by atoms with Crippen LogP contribution < -0.4 is 0 Å². The normalized spacial score (nSPS) is 11.6. The molecular weight excluding hydrogens is 544 g/mol. The molecule has 0 unspecified atom stereocenters. The summed E-state index contributed by atoms with van der Waals surface area (Å²) in [5.74, 6) is -1.45. The second-order valence-electron chi connectivity index (χ2n) is 11.7. The van der Waals surface area contributed by atoms with Crippen LogP contribution in [0.25, 0.3) is 64.6 Å². The van der Waals surface area contributed by atoms with Gasteiger partial charge in [-0.15, -0.1) is 0 Å². The maximum Gasteiger partial charge on any atom is 0.303 e. The average Bonchev–Trinajstić information content (AvgIpc) is 3.03. The van der Waals surface area contributed by atoms with Crippen LogP contribution >= 0.6 is 0 Å². The summed E-state index contributed by atoms with van der Waals surface area (Å²) < 4.78 is 0. The zero-order chi connectivity index (χ0) is 30.2. The molecule has 0 atom stereocenters. The van der Waals surface area contributed by atoms with E-state index in [0.29, 0.717) is 12.8 Å². The Bertz CT molecular complexity index is 2100. The third-order valence-electron chi connectivity index (χ3n) is 8.91. The van der Waals surface area contributed by atoms with Crippen molar-refractivity contribution in [3.63, 3.8) is 0 Å². The van der Waals surface area contributed by atoms with E-state index in [4.69, 9.17) is 10.2 Å². The second kappa shape index (κ2) is 11.5. The highest BCUT2D eigenvalue weighted by Gasteiger charge is 2.12. The van der Waals surface area contributed by atoms with Gasteiger partial charge < -0.3 is 10.2 Å². The molecule has 216 valence electrons. The van der Waals surface area contributed by atoms with E-state index >= 15 is 0 Å². The molecule has 44 heavy (non-hydrogen) atoms. The molecule has 0 radical (unpaired) electrons. The van der Waals surface area contributed by atoms with Crippen LogP contribution in [0.15, 0.2) is 109 Å². The van der Waals surface area contributed by atoms with E-state index in [9.17, 15) is 9.59 Å². The van der Waals surface area contributed by atoms with E-state index in [2.05, 4.69) is 109 Å². The maximum absolute atomic E-state index is 10.7. The number of benzene rings is 8. The number of carbonyl (C=O) groups is 2. The van der Waals surface area contributed by atoms with Gasteiger partial charge in [-0.1, -0.05) is 109 Å². The van der Waals surface area contributed by atoms with Crippen molar-refractivity contribution in [3.05, 3.63) is 120 Å². The Morgan fingerprint density at radius 2 is 0.727 bits per heavy atom. The van der Waals surface area contributed by atoms with Crippen molar-refractivity contribution in [3.8, 4) is 0 Å². The zero-order valence-electron chi connectivity index (χ0n) is 24.3. The quantitative estimate of drug-likeness (QED) is 0.177. The minimum atomic E-state index is -0.724. The Kier molecular flexibility index (Phi) is 7.19. The molecule has 0 saturated heterocycles. The second-order valence-corrected chi connectivity index (χ2v) is 11.7. The molecule has 0 aliphatic carbocycles. The molecule has 0 bridgehead atoms. The lowest BCUT2D eigenvalue weighted by Gasteiger charge is -2.13. The molecule has 8 rings (SSSR count). The first-order valence-corrected chi connectivity index (χ1v) is 15.2. The highest BCUT2D eigenvalue weighted by Crippen LogP contribution is 2.37. The van der Waals surface area contributed by atoms with Gasteiger partial charge in [-0.3, -0.25) is 9.59 Å². The van der Waals surface area contributed by atoms with Crippen LogP contribution in [0.1, 0.15) is 36.8 Å². The van der Waals surface area contributed by atoms with Crippen LogP contribution in [0.4, 0.5) is 0 Å². The predicted octanol–water partition coefficient (Wildman–Crippen LogP) is 9.98. The Labute approximate surface area is 254 Å². The first-order chi connectivity index (χ1) is 21.5. The number of aryl methyl sites for hydroxylation is 2. The van der Waals surface area contributed by atoms with E-state index < -0.39 is 11.9 Å². The average molecular weight is 577 g/mol. The lowest BCUT2D eigenvalue weighted by atomic mass is 9.90. The molecule has 8 aromatic rings. The largest absolute Gasteiger partial charge is 0.481 e. The standard InChI is InChI=1S/2C20H16O2/c2*21-18(22)6-2-3-13-7-8-16-10-9-14-4-1-5-15-11-12-17(13)20(16)19(14)15/h2*1,4-5,7-12H,2-3,6H2,(H,21,22). The van der Waals surface area contributed by atoms with E-state index in [1.165, 1.54) is 75.8 Å². The van der Waals surface area contributed by atoms with E-state index in [1.54, 1.807) is 0 Å². The fraction of sp³-hybridized carbons (Fsp3) is 0.150. The van der Waals surface area contributed by atoms with Crippen LogP contribution in [-0.4, -0.2) is 22.2 Å². The summed E-state index contributed by atoms with van der Waals surface area (Å²) >= 11 is 0. The number of rotatable bonds is 8. The monoisotopic (exact) mass is 576 g/mol. The number of aliphatic carboxylic acids is 2. The molecule has 8 aromatic carbocycles. The van der Waals surface area contributed by atoms with Gasteiger partial charge >= 0.3 is 11.9 Å². The summed E-state index contributed by atoms with van der Waals surface area (Å²) in [5.41, 5.74) is 2.49. The number of carboxylic acids is 2. The smallest absolute Gasteiger partial charge is 0.303 e. The van der Waals surface area contributed by atoms with Crippen molar-refractivity contribution in [2.45, 2.75) is 38.5 Å². The molecule has 4 nitrogen and oxygen atoms in total. The fourth-order valence-corrected chi connectivity index (χ4v) is 6.89. The van der Waals surface area contributed by atoms with Crippen LogP contribution in [0.2, 0.25) is 0 Å². The van der Waals surface area contributed by atoms with Crippen LogP contribution in [0, 0.1) is 0 Å². The molecule has 0 saturated carbocycles. The molecule has 0 fully saturated rings. The highest BCUT2D eigenvalue weighted by molar-refractivity contribution is 6.24. The van der Waals surface area contributed by atoms with Crippen molar-refractivity contribution in [2.24, 2.45) is 0 Å². The van der Waals surface area contributed by atoms with Crippen molar-refractivity contribution < 1.29 is 19.8 Å². The molecule has 0 amide bonds.